The molecular weight excluding hydrogens is 416 g/mol. The highest BCUT2D eigenvalue weighted by atomic mass is 32.2. The van der Waals surface area contributed by atoms with Crippen molar-refractivity contribution in [2.75, 3.05) is 11.9 Å². The molecule has 4 rings (SSSR count). The van der Waals surface area contributed by atoms with Gasteiger partial charge < -0.3 is 9.73 Å². The van der Waals surface area contributed by atoms with E-state index < -0.39 is 15.9 Å². The number of carbonyl (C=O) groups is 1. The second-order valence-corrected chi connectivity index (χ2v) is 9.76. The number of sulfonamides is 1. The van der Waals surface area contributed by atoms with Gasteiger partial charge in [0.15, 0.2) is 11.2 Å². The number of rotatable bonds is 4. The predicted octanol–water partition coefficient (Wildman–Crippen LogP) is 3.92. The molecule has 1 aliphatic rings. The van der Waals surface area contributed by atoms with Crippen LogP contribution in [0.3, 0.4) is 0 Å². The summed E-state index contributed by atoms with van der Waals surface area (Å²) in [5.41, 5.74) is 1.23. The second-order valence-electron chi connectivity index (χ2n) is 7.87. The summed E-state index contributed by atoms with van der Waals surface area (Å²) in [6, 6.07) is 12.4. The van der Waals surface area contributed by atoms with Crippen molar-refractivity contribution in [2.45, 2.75) is 44.0 Å². The van der Waals surface area contributed by atoms with Crippen LogP contribution in [0.2, 0.25) is 0 Å². The molecule has 1 aliphatic heterocycles. The van der Waals surface area contributed by atoms with E-state index in [4.69, 9.17) is 4.42 Å². The highest BCUT2D eigenvalue weighted by Crippen LogP contribution is 2.26. The summed E-state index contributed by atoms with van der Waals surface area (Å²) >= 11 is 0. The van der Waals surface area contributed by atoms with Crippen molar-refractivity contribution in [3.8, 4) is 0 Å². The maximum atomic E-state index is 12.9. The highest BCUT2D eigenvalue weighted by molar-refractivity contribution is 7.89. The van der Waals surface area contributed by atoms with Gasteiger partial charge in [-0.3, -0.25) is 9.59 Å². The number of hydrogen-bond donors (Lipinski definition) is 1. The van der Waals surface area contributed by atoms with Crippen molar-refractivity contribution in [3.05, 3.63) is 70.1 Å². The molecule has 7 nitrogen and oxygen atoms in total. The lowest BCUT2D eigenvalue weighted by Crippen LogP contribution is -2.41. The zero-order valence-corrected chi connectivity index (χ0v) is 18.2. The molecule has 162 valence electrons. The molecule has 1 fully saturated rings. The lowest BCUT2D eigenvalue weighted by molar-refractivity contribution is 0.0997. The molecule has 0 aliphatic carbocycles. The summed E-state index contributed by atoms with van der Waals surface area (Å²) in [4.78, 5) is 25.1. The van der Waals surface area contributed by atoms with Gasteiger partial charge in [-0.15, -0.1) is 0 Å². The van der Waals surface area contributed by atoms with Gasteiger partial charge in [0.1, 0.15) is 5.58 Å². The average Bonchev–Trinajstić information content (AvgIpc) is 2.75. The highest BCUT2D eigenvalue weighted by Gasteiger charge is 2.30. The Morgan fingerprint density at radius 3 is 2.58 bits per heavy atom. The molecule has 1 unspecified atom stereocenters. The smallest absolute Gasteiger partial charge is 0.291 e. The number of para-hydroxylation sites is 1. The molecule has 2 aromatic carbocycles. The van der Waals surface area contributed by atoms with E-state index in [0.29, 0.717) is 23.2 Å². The lowest BCUT2D eigenvalue weighted by atomic mass is 10.1. The first kappa shape index (κ1) is 21.3. The topological polar surface area (TPSA) is 96.7 Å². The Labute approximate surface area is 180 Å². The number of benzene rings is 2. The maximum Gasteiger partial charge on any atom is 0.291 e. The van der Waals surface area contributed by atoms with E-state index in [2.05, 4.69) is 5.32 Å². The van der Waals surface area contributed by atoms with Crippen molar-refractivity contribution in [1.82, 2.24) is 4.31 Å². The summed E-state index contributed by atoms with van der Waals surface area (Å²) in [6.45, 7) is 4.24. The number of aryl methyl sites for hydroxylation is 1. The zero-order chi connectivity index (χ0) is 22.2. The van der Waals surface area contributed by atoms with Crippen molar-refractivity contribution in [2.24, 2.45) is 0 Å². The Balaban J connectivity index is 1.55. The molecule has 0 bridgehead atoms. The molecule has 0 saturated carbocycles. The third kappa shape index (κ3) is 4.13. The minimum Gasteiger partial charge on any atom is -0.450 e. The van der Waals surface area contributed by atoms with Crippen LogP contribution in [0.4, 0.5) is 5.69 Å². The van der Waals surface area contributed by atoms with Gasteiger partial charge in [0.2, 0.25) is 10.0 Å². The van der Waals surface area contributed by atoms with Gasteiger partial charge in [0.25, 0.3) is 5.91 Å². The Morgan fingerprint density at radius 2 is 1.87 bits per heavy atom. The maximum absolute atomic E-state index is 12.9. The zero-order valence-electron chi connectivity index (χ0n) is 17.4. The number of piperidine rings is 1. The number of hydrogen-bond acceptors (Lipinski definition) is 5. The molecule has 2 heterocycles. The predicted molar refractivity (Wildman–Crippen MR) is 119 cm³/mol. The quantitative estimate of drug-likeness (QED) is 0.663. The molecule has 1 N–H and O–H groups in total. The number of amides is 1. The number of nitrogens with zero attached hydrogens (tertiary/aromatic N) is 1. The Morgan fingerprint density at radius 1 is 1.13 bits per heavy atom. The number of nitrogens with one attached hydrogen (secondary N) is 1. The van der Waals surface area contributed by atoms with Gasteiger partial charge in [-0.05, 0) is 62.6 Å². The van der Waals surface area contributed by atoms with Gasteiger partial charge in [0, 0.05) is 24.3 Å². The van der Waals surface area contributed by atoms with Crippen LogP contribution in [0.25, 0.3) is 11.0 Å². The summed E-state index contributed by atoms with van der Waals surface area (Å²) in [5, 5.41) is 3.07. The monoisotopic (exact) mass is 440 g/mol. The van der Waals surface area contributed by atoms with E-state index >= 15 is 0 Å². The van der Waals surface area contributed by atoms with Gasteiger partial charge >= 0.3 is 0 Å². The van der Waals surface area contributed by atoms with E-state index in [1.54, 1.807) is 25.1 Å². The van der Waals surface area contributed by atoms with Crippen LogP contribution in [0.1, 0.15) is 42.3 Å². The van der Waals surface area contributed by atoms with E-state index in [0.717, 1.165) is 30.9 Å². The van der Waals surface area contributed by atoms with Crippen LogP contribution in [0.5, 0.6) is 0 Å². The molecule has 1 amide bonds. The van der Waals surface area contributed by atoms with Gasteiger partial charge in [-0.1, -0.05) is 18.6 Å². The minimum absolute atomic E-state index is 0.0302. The summed E-state index contributed by atoms with van der Waals surface area (Å²) in [7, 11) is -3.58. The van der Waals surface area contributed by atoms with Crippen LogP contribution in [0.15, 0.2) is 62.6 Å². The first-order valence-corrected chi connectivity index (χ1v) is 11.7. The fraction of sp³-hybridized carbons (Fsp3) is 0.304. The first-order chi connectivity index (χ1) is 14.8. The van der Waals surface area contributed by atoms with E-state index in [1.165, 1.54) is 28.6 Å². The van der Waals surface area contributed by atoms with E-state index in [-0.39, 0.29) is 22.1 Å². The van der Waals surface area contributed by atoms with Crippen LogP contribution in [0, 0.1) is 6.92 Å². The normalized spacial score (nSPS) is 17.5. The molecule has 1 atom stereocenters. The van der Waals surface area contributed by atoms with Crippen LogP contribution < -0.4 is 10.7 Å². The first-order valence-electron chi connectivity index (χ1n) is 10.2. The van der Waals surface area contributed by atoms with Gasteiger partial charge in [-0.25, -0.2) is 8.42 Å². The summed E-state index contributed by atoms with van der Waals surface area (Å²) < 4.78 is 33.1. The lowest BCUT2D eigenvalue weighted by Gasteiger charge is -2.32. The Hall–Kier alpha value is -2.97. The molecule has 1 aromatic heterocycles. The molecule has 0 spiro atoms. The second kappa shape index (κ2) is 8.28. The molecule has 31 heavy (non-hydrogen) atoms. The van der Waals surface area contributed by atoms with Crippen LogP contribution >= 0.6 is 0 Å². The summed E-state index contributed by atoms with van der Waals surface area (Å²) in [5.74, 6) is -0.687. The van der Waals surface area contributed by atoms with E-state index in [1.807, 2.05) is 6.92 Å². The molecule has 0 radical (unpaired) electrons. The average molecular weight is 441 g/mol. The van der Waals surface area contributed by atoms with Gasteiger partial charge in [-0.2, -0.15) is 4.31 Å². The Bertz CT molecular complexity index is 1300. The van der Waals surface area contributed by atoms with Crippen LogP contribution in [-0.2, 0) is 10.0 Å². The molecule has 1 saturated heterocycles. The Kier molecular flexibility index (Phi) is 5.68. The van der Waals surface area contributed by atoms with Crippen molar-refractivity contribution in [1.29, 1.82) is 0 Å². The fourth-order valence-corrected chi connectivity index (χ4v) is 5.60. The summed E-state index contributed by atoms with van der Waals surface area (Å²) in [6.07, 6.45) is 2.74. The van der Waals surface area contributed by atoms with Crippen molar-refractivity contribution >= 4 is 32.6 Å². The molecule has 8 heteroatoms. The number of anilines is 1. The largest absolute Gasteiger partial charge is 0.450 e. The third-order valence-corrected chi connectivity index (χ3v) is 7.66. The van der Waals surface area contributed by atoms with Crippen LogP contribution in [-0.4, -0.2) is 31.2 Å². The van der Waals surface area contributed by atoms with E-state index in [9.17, 15) is 18.0 Å². The van der Waals surface area contributed by atoms with Crippen molar-refractivity contribution < 1.29 is 17.6 Å². The molecular formula is C23H24N2O5S. The SMILES string of the molecule is Cc1cccc2c(=O)cc(C(=O)Nc3ccc(S(=O)(=O)N4CCCCC4C)cc3)oc12. The molecule has 3 aromatic rings. The van der Waals surface area contributed by atoms with Gasteiger partial charge in [0.05, 0.1) is 10.3 Å². The fourth-order valence-electron chi connectivity index (χ4n) is 3.90. The minimum atomic E-state index is -3.58. The third-order valence-electron chi connectivity index (χ3n) is 5.64. The van der Waals surface area contributed by atoms with Crippen molar-refractivity contribution in [3.63, 3.8) is 0 Å². The standard InChI is InChI=1S/C23H24N2O5S/c1-15-6-5-8-19-20(26)14-21(30-22(15)19)23(27)24-17-9-11-18(12-10-17)31(28,29)25-13-4-3-7-16(25)2/h5-6,8-12,14,16H,3-4,7,13H2,1-2H3,(H,24,27). The number of fused-ring (bicyclic) bond motifs is 1. The number of carbonyl (C=O) groups excluding carboxylic acids is 1.